The highest BCUT2D eigenvalue weighted by Crippen LogP contribution is 2.11. The molecule has 6 nitrogen and oxygen atoms in total. The largest absolute Gasteiger partial charge is 0.372 e. The van der Waals surface area contributed by atoms with Crippen LogP contribution in [0, 0.1) is 0 Å². The molecular formula is C24H32N4O2. The summed E-state index contributed by atoms with van der Waals surface area (Å²) in [5.41, 5.74) is 3.52. The Balaban J connectivity index is 1.40. The van der Waals surface area contributed by atoms with Crippen LogP contribution in [-0.4, -0.2) is 42.9 Å². The van der Waals surface area contributed by atoms with Gasteiger partial charge < -0.3 is 20.3 Å². The standard InChI is InChI=1S/C24H32N4O2/c1-3-23(29)28-14-13-22(16-28)27-24(25-2)26-15-19-9-11-21(12-10-19)18-30-17-20-7-5-4-6-8-20/h4-12,22H,3,13-18H2,1-2H3,(H2,25,26,27). The maximum Gasteiger partial charge on any atom is 0.222 e. The number of likely N-dealkylation sites (tertiary alicyclic amines) is 1. The number of amides is 1. The SMILES string of the molecule is CCC(=O)N1CCC(NC(=NC)NCc2ccc(COCc3ccccc3)cc2)C1. The molecule has 0 spiro atoms. The summed E-state index contributed by atoms with van der Waals surface area (Å²) in [5.74, 6) is 0.983. The molecular weight excluding hydrogens is 376 g/mol. The second kappa shape index (κ2) is 11.4. The number of hydrogen-bond donors (Lipinski definition) is 2. The number of aliphatic imine (C=N–C) groups is 1. The summed E-state index contributed by atoms with van der Waals surface area (Å²) < 4.78 is 5.80. The van der Waals surface area contributed by atoms with Crippen LogP contribution in [0.4, 0.5) is 0 Å². The van der Waals surface area contributed by atoms with Crippen LogP contribution in [0.1, 0.15) is 36.5 Å². The van der Waals surface area contributed by atoms with Crippen molar-refractivity contribution in [3.63, 3.8) is 0 Å². The van der Waals surface area contributed by atoms with Gasteiger partial charge >= 0.3 is 0 Å². The molecule has 0 aliphatic carbocycles. The van der Waals surface area contributed by atoms with Crippen LogP contribution in [-0.2, 0) is 29.3 Å². The zero-order valence-electron chi connectivity index (χ0n) is 17.9. The van der Waals surface area contributed by atoms with E-state index in [1.807, 2.05) is 30.0 Å². The highest BCUT2D eigenvalue weighted by atomic mass is 16.5. The predicted octanol–water partition coefficient (Wildman–Crippen LogP) is 3.08. The summed E-state index contributed by atoms with van der Waals surface area (Å²) in [6, 6.07) is 18.9. The number of rotatable bonds is 8. The summed E-state index contributed by atoms with van der Waals surface area (Å²) >= 11 is 0. The van der Waals surface area contributed by atoms with Crippen molar-refractivity contribution in [2.75, 3.05) is 20.1 Å². The van der Waals surface area contributed by atoms with Gasteiger partial charge in [0, 0.05) is 39.1 Å². The second-order valence-corrected chi connectivity index (χ2v) is 7.54. The normalized spacial score (nSPS) is 16.5. The molecule has 2 N–H and O–H groups in total. The summed E-state index contributed by atoms with van der Waals surface area (Å²) in [7, 11) is 1.77. The number of carbonyl (C=O) groups is 1. The summed E-state index contributed by atoms with van der Waals surface area (Å²) in [4.78, 5) is 18.1. The Labute approximate surface area is 179 Å². The van der Waals surface area contributed by atoms with Gasteiger partial charge in [0.15, 0.2) is 5.96 Å². The van der Waals surface area contributed by atoms with Crippen molar-refractivity contribution in [2.45, 2.75) is 45.6 Å². The van der Waals surface area contributed by atoms with E-state index in [9.17, 15) is 4.79 Å². The Kier molecular flexibility index (Phi) is 8.27. The molecule has 1 atom stereocenters. The Morgan fingerprint density at radius 3 is 2.40 bits per heavy atom. The lowest BCUT2D eigenvalue weighted by Gasteiger charge is -2.18. The van der Waals surface area contributed by atoms with Crippen molar-refractivity contribution in [1.29, 1.82) is 0 Å². The van der Waals surface area contributed by atoms with E-state index in [0.29, 0.717) is 26.2 Å². The Morgan fingerprint density at radius 2 is 1.73 bits per heavy atom. The van der Waals surface area contributed by atoms with Crippen molar-refractivity contribution in [2.24, 2.45) is 4.99 Å². The van der Waals surface area contributed by atoms with Crippen LogP contribution < -0.4 is 10.6 Å². The first kappa shape index (κ1) is 21.8. The molecule has 1 saturated heterocycles. The third-order valence-electron chi connectivity index (χ3n) is 5.27. The van der Waals surface area contributed by atoms with Gasteiger partial charge in [-0.1, -0.05) is 61.5 Å². The van der Waals surface area contributed by atoms with Crippen LogP contribution in [0.25, 0.3) is 0 Å². The Hall–Kier alpha value is -2.86. The van der Waals surface area contributed by atoms with Gasteiger partial charge in [0.05, 0.1) is 13.2 Å². The molecule has 1 heterocycles. The third-order valence-corrected chi connectivity index (χ3v) is 5.27. The minimum Gasteiger partial charge on any atom is -0.372 e. The van der Waals surface area contributed by atoms with Gasteiger partial charge in [-0.2, -0.15) is 0 Å². The maximum absolute atomic E-state index is 11.8. The molecule has 1 fully saturated rings. The Morgan fingerprint density at radius 1 is 1.07 bits per heavy atom. The van der Waals surface area contributed by atoms with E-state index in [1.54, 1.807) is 7.05 Å². The van der Waals surface area contributed by atoms with Gasteiger partial charge in [-0.15, -0.1) is 0 Å². The first-order chi connectivity index (χ1) is 14.7. The molecule has 6 heteroatoms. The van der Waals surface area contributed by atoms with Crippen molar-refractivity contribution >= 4 is 11.9 Å². The smallest absolute Gasteiger partial charge is 0.222 e. The fourth-order valence-corrected chi connectivity index (χ4v) is 3.52. The summed E-state index contributed by atoms with van der Waals surface area (Å²) in [6.07, 6.45) is 1.51. The molecule has 2 aromatic carbocycles. The van der Waals surface area contributed by atoms with Crippen LogP contribution >= 0.6 is 0 Å². The van der Waals surface area contributed by atoms with E-state index in [1.165, 1.54) is 11.1 Å². The quantitative estimate of drug-likeness (QED) is 0.520. The summed E-state index contributed by atoms with van der Waals surface area (Å²) in [6.45, 7) is 5.37. The number of carbonyl (C=O) groups excluding carboxylic acids is 1. The van der Waals surface area contributed by atoms with Gasteiger partial charge in [0.1, 0.15) is 0 Å². The van der Waals surface area contributed by atoms with E-state index >= 15 is 0 Å². The zero-order valence-corrected chi connectivity index (χ0v) is 17.9. The van der Waals surface area contributed by atoms with Gasteiger partial charge in [0.25, 0.3) is 0 Å². The number of guanidine groups is 1. The molecule has 0 saturated carbocycles. The number of ether oxygens (including phenoxy) is 1. The molecule has 30 heavy (non-hydrogen) atoms. The van der Waals surface area contributed by atoms with Crippen molar-refractivity contribution in [3.8, 4) is 0 Å². The van der Waals surface area contributed by atoms with Crippen LogP contribution in [0.3, 0.4) is 0 Å². The predicted molar refractivity (Wildman–Crippen MR) is 120 cm³/mol. The lowest BCUT2D eigenvalue weighted by atomic mass is 10.1. The average Bonchev–Trinajstić information content (AvgIpc) is 3.26. The van der Waals surface area contributed by atoms with E-state index in [0.717, 1.165) is 31.0 Å². The van der Waals surface area contributed by atoms with E-state index in [-0.39, 0.29) is 11.9 Å². The van der Waals surface area contributed by atoms with Gasteiger partial charge in [-0.05, 0) is 23.1 Å². The minimum atomic E-state index is 0.218. The third kappa shape index (κ3) is 6.59. The monoisotopic (exact) mass is 408 g/mol. The molecule has 1 aliphatic heterocycles. The minimum absolute atomic E-state index is 0.218. The number of hydrogen-bond acceptors (Lipinski definition) is 3. The van der Waals surface area contributed by atoms with Crippen LogP contribution in [0.15, 0.2) is 59.6 Å². The zero-order chi connectivity index (χ0) is 21.2. The van der Waals surface area contributed by atoms with E-state index in [4.69, 9.17) is 4.74 Å². The van der Waals surface area contributed by atoms with Gasteiger partial charge in [0.2, 0.25) is 5.91 Å². The lowest BCUT2D eigenvalue weighted by Crippen LogP contribution is -2.44. The van der Waals surface area contributed by atoms with Crippen molar-refractivity contribution in [1.82, 2.24) is 15.5 Å². The highest BCUT2D eigenvalue weighted by Gasteiger charge is 2.25. The molecule has 0 bridgehead atoms. The maximum atomic E-state index is 11.8. The van der Waals surface area contributed by atoms with Crippen LogP contribution in [0.2, 0.25) is 0 Å². The Bertz CT molecular complexity index is 821. The highest BCUT2D eigenvalue weighted by molar-refractivity contribution is 5.80. The number of nitrogens with one attached hydrogen (secondary N) is 2. The van der Waals surface area contributed by atoms with Crippen molar-refractivity contribution < 1.29 is 9.53 Å². The van der Waals surface area contributed by atoms with E-state index < -0.39 is 0 Å². The molecule has 0 aromatic heterocycles. The molecule has 1 unspecified atom stereocenters. The van der Waals surface area contributed by atoms with Gasteiger partial charge in [-0.3, -0.25) is 9.79 Å². The van der Waals surface area contributed by atoms with Crippen LogP contribution in [0.5, 0.6) is 0 Å². The number of benzene rings is 2. The van der Waals surface area contributed by atoms with Gasteiger partial charge in [-0.25, -0.2) is 0 Å². The van der Waals surface area contributed by atoms with E-state index in [2.05, 4.69) is 52.0 Å². The van der Waals surface area contributed by atoms with Crippen molar-refractivity contribution in [3.05, 3.63) is 71.3 Å². The second-order valence-electron chi connectivity index (χ2n) is 7.54. The fourth-order valence-electron chi connectivity index (χ4n) is 3.52. The first-order valence-electron chi connectivity index (χ1n) is 10.6. The molecule has 1 aliphatic rings. The topological polar surface area (TPSA) is 66.0 Å². The molecule has 160 valence electrons. The average molecular weight is 409 g/mol. The number of nitrogens with zero attached hydrogens (tertiary/aromatic N) is 2. The summed E-state index contributed by atoms with van der Waals surface area (Å²) in [5, 5.41) is 6.78. The first-order valence-corrected chi connectivity index (χ1v) is 10.6. The molecule has 1 amide bonds. The molecule has 2 aromatic rings. The molecule has 0 radical (unpaired) electrons. The lowest BCUT2D eigenvalue weighted by molar-refractivity contribution is -0.129. The fraction of sp³-hybridized carbons (Fsp3) is 0.417. The molecule has 3 rings (SSSR count).